The van der Waals surface area contributed by atoms with Gasteiger partial charge in [-0.1, -0.05) is 11.8 Å². The van der Waals surface area contributed by atoms with Crippen LogP contribution in [0.1, 0.15) is 31.2 Å². The van der Waals surface area contributed by atoms with Crippen molar-refractivity contribution < 1.29 is 9.15 Å². The van der Waals surface area contributed by atoms with Gasteiger partial charge in [0.1, 0.15) is 11.6 Å². The lowest BCUT2D eigenvalue weighted by molar-refractivity contribution is 0.383. The summed E-state index contributed by atoms with van der Waals surface area (Å²) in [5.74, 6) is 9.43. The maximum Gasteiger partial charge on any atom is 0.227 e. The van der Waals surface area contributed by atoms with Gasteiger partial charge in [-0.05, 0) is 57.0 Å². The molecule has 160 valence electrons. The zero-order chi connectivity index (χ0) is 21.0. The molecule has 31 heavy (non-hydrogen) atoms. The van der Waals surface area contributed by atoms with E-state index >= 15 is 0 Å². The predicted octanol–water partition coefficient (Wildman–Crippen LogP) is 4.02. The van der Waals surface area contributed by atoms with Gasteiger partial charge in [0.25, 0.3) is 0 Å². The molecule has 2 fully saturated rings. The maximum absolute atomic E-state index is 5.66. The first-order chi connectivity index (χ1) is 15.3. The van der Waals surface area contributed by atoms with Gasteiger partial charge in [0.05, 0.1) is 31.0 Å². The minimum Gasteiger partial charge on any atom is -0.495 e. The van der Waals surface area contributed by atoms with Gasteiger partial charge in [-0.25, -0.2) is 4.98 Å². The Morgan fingerprint density at radius 3 is 2.65 bits per heavy atom. The lowest BCUT2D eigenvalue weighted by Crippen LogP contribution is -2.21. The molecule has 2 aromatic heterocycles. The molecule has 2 aliphatic heterocycles. The fourth-order valence-electron chi connectivity index (χ4n) is 4.22. The van der Waals surface area contributed by atoms with E-state index in [1.807, 2.05) is 24.3 Å². The minimum atomic E-state index is 0.640. The van der Waals surface area contributed by atoms with E-state index in [0.717, 1.165) is 73.7 Å². The fraction of sp³-hybridized carbons (Fsp3) is 0.417. The van der Waals surface area contributed by atoms with Crippen LogP contribution in [0.15, 0.2) is 34.9 Å². The zero-order valence-electron chi connectivity index (χ0n) is 17.9. The second-order valence-electron chi connectivity index (χ2n) is 8.02. The summed E-state index contributed by atoms with van der Waals surface area (Å²) in [5, 5.41) is 4.18. The number of aromatic nitrogens is 2. The van der Waals surface area contributed by atoms with Crippen LogP contribution in [0.3, 0.4) is 0 Å². The summed E-state index contributed by atoms with van der Waals surface area (Å²) in [6, 6.07) is 7.70. The Balaban J connectivity index is 1.55. The second-order valence-corrected chi connectivity index (χ2v) is 8.02. The molecule has 2 saturated heterocycles. The topological polar surface area (TPSA) is 66.7 Å². The van der Waals surface area contributed by atoms with Crippen LogP contribution < -0.4 is 15.0 Å². The molecule has 1 N–H and O–H groups in total. The Morgan fingerprint density at radius 1 is 1.10 bits per heavy atom. The number of methoxy groups -OCH3 is 1. The molecule has 0 amide bonds. The standard InChI is InChI=1S/C24H27N5O2/c1-30-21-17-19-20(16-18(21)8-6-12-28-10-2-3-11-28)25-24(29-13-4-5-14-29)27-23(19)26-22-9-7-15-31-22/h7,9,15-17H,2-5,10-14H2,1H3,(H,25,26,27). The number of hydrogen-bond acceptors (Lipinski definition) is 7. The van der Waals surface area contributed by atoms with Crippen LogP contribution in [0.25, 0.3) is 10.9 Å². The Bertz CT molecular complexity index is 1100. The second kappa shape index (κ2) is 8.86. The molecule has 0 spiro atoms. The number of anilines is 3. The third kappa shape index (κ3) is 4.30. The van der Waals surface area contributed by atoms with Crippen molar-refractivity contribution in [1.82, 2.24) is 14.9 Å². The monoisotopic (exact) mass is 417 g/mol. The van der Waals surface area contributed by atoms with Crippen LogP contribution in [0, 0.1) is 11.8 Å². The average Bonchev–Trinajstić information content (AvgIpc) is 3.56. The quantitative estimate of drug-likeness (QED) is 0.629. The van der Waals surface area contributed by atoms with Gasteiger partial charge in [-0.2, -0.15) is 4.98 Å². The van der Waals surface area contributed by atoms with Crippen molar-refractivity contribution in [2.24, 2.45) is 0 Å². The third-order valence-electron chi connectivity index (χ3n) is 5.88. The molecule has 0 atom stereocenters. The molecule has 0 unspecified atom stereocenters. The van der Waals surface area contributed by atoms with E-state index in [0.29, 0.717) is 11.7 Å². The first-order valence-corrected chi connectivity index (χ1v) is 11.0. The normalized spacial score (nSPS) is 16.5. The lowest BCUT2D eigenvalue weighted by atomic mass is 10.1. The van der Waals surface area contributed by atoms with Crippen molar-refractivity contribution >= 4 is 28.6 Å². The van der Waals surface area contributed by atoms with E-state index in [-0.39, 0.29) is 0 Å². The Labute approximate surface area is 182 Å². The van der Waals surface area contributed by atoms with Crippen molar-refractivity contribution in [3.05, 3.63) is 36.1 Å². The van der Waals surface area contributed by atoms with Gasteiger partial charge in [-0.3, -0.25) is 4.90 Å². The minimum absolute atomic E-state index is 0.640. The Kier molecular flexibility index (Phi) is 5.63. The highest BCUT2D eigenvalue weighted by Gasteiger charge is 2.19. The highest BCUT2D eigenvalue weighted by atomic mass is 16.5. The van der Waals surface area contributed by atoms with Gasteiger partial charge in [0.15, 0.2) is 5.88 Å². The maximum atomic E-state index is 5.66. The first-order valence-electron chi connectivity index (χ1n) is 11.0. The van der Waals surface area contributed by atoms with Crippen LogP contribution in [-0.2, 0) is 0 Å². The molecule has 0 aliphatic carbocycles. The van der Waals surface area contributed by atoms with Crippen molar-refractivity contribution in [1.29, 1.82) is 0 Å². The summed E-state index contributed by atoms with van der Waals surface area (Å²) in [4.78, 5) is 14.3. The number of furan rings is 1. The van der Waals surface area contributed by atoms with Crippen molar-refractivity contribution in [3.8, 4) is 17.6 Å². The highest BCUT2D eigenvalue weighted by molar-refractivity contribution is 5.93. The highest BCUT2D eigenvalue weighted by Crippen LogP contribution is 2.32. The smallest absolute Gasteiger partial charge is 0.227 e. The Morgan fingerprint density at radius 2 is 1.90 bits per heavy atom. The third-order valence-corrected chi connectivity index (χ3v) is 5.88. The van der Waals surface area contributed by atoms with Gasteiger partial charge in [0.2, 0.25) is 5.95 Å². The molecule has 3 aromatic rings. The van der Waals surface area contributed by atoms with E-state index in [1.165, 1.54) is 12.8 Å². The summed E-state index contributed by atoms with van der Waals surface area (Å²) >= 11 is 0. The number of rotatable bonds is 5. The van der Waals surface area contributed by atoms with Crippen molar-refractivity contribution in [2.45, 2.75) is 25.7 Å². The molecule has 1 aromatic carbocycles. The van der Waals surface area contributed by atoms with Crippen LogP contribution in [0.5, 0.6) is 5.75 Å². The van der Waals surface area contributed by atoms with E-state index in [9.17, 15) is 0 Å². The molecule has 5 rings (SSSR count). The molecular weight excluding hydrogens is 390 g/mol. The summed E-state index contributed by atoms with van der Waals surface area (Å²) in [6.07, 6.45) is 6.50. The number of likely N-dealkylation sites (tertiary alicyclic amines) is 1. The van der Waals surface area contributed by atoms with Crippen molar-refractivity contribution in [3.63, 3.8) is 0 Å². The van der Waals surface area contributed by atoms with E-state index in [2.05, 4.69) is 27.0 Å². The first kappa shape index (κ1) is 19.7. The number of ether oxygens (including phenoxy) is 1. The van der Waals surface area contributed by atoms with Crippen LogP contribution in [0.2, 0.25) is 0 Å². The number of benzene rings is 1. The predicted molar refractivity (Wildman–Crippen MR) is 122 cm³/mol. The number of nitrogens with zero attached hydrogens (tertiary/aromatic N) is 4. The van der Waals surface area contributed by atoms with Gasteiger partial charge >= 0.3 is 0 Å². The van der Waals surface area contributed by atoms with E-state index < -0.39 is 0 Å². The number of hydrogen-bond donors (Lipinski definition) is 1. The molecule has 4 heterocycles. The van der Waals surface area contributed by atoms with E-state index in [4.69, 9.17) is 19.1 Å². The number of nitrogens with one attached hydrogen (secondary N) is 1. The zero-order valence-corrected chi connectivity index (χ0v) is 17.9. The molecular formula is C24H27N5O2. The van der Waals surface area contributed by atoms with Crippen LogP contribution in [-0.4, -0.2) is 54.7 Å². The largest absolute Gasteiger partial charge is 0.495 e. The van der Waals surface area contributed by atoms with Crippen molar-refractivity contribution in [2.75, 3.05) is 50.1 Å². The molecule has 7 heteroatoms. The van der Waals surface area contributed by atoms with Gasteiger partial charge in [-0.15, -0.1) is 0 Å². The van der Waals surface area contributed by atoms with Crippen LogP contribution in [0.4, 0.5) is 17.7 Å². The fourth-order valence-corrected chi connectivity index (χ4v) is 4.22. The summed E-state index contributed by atoms with van der Waals surface area (Å²) < 4.78 is 11.2. The van der Waals surface area contributed by atoms with E-state index in [1.54, 1.807) is 13.4 Å². The average molecular weight is 418 g/mol. The molecule has 0 radical (unpaired) electrons. The summed E-state index contributed by atoms with van der Waals surface area (Å²) in [6.45, 7) is 5.01. The lowest BCUT2D eigenvalue weighted by Gasteiger charge is -2.18. The number of fused-ring (bicyclic) bond motifs is 1. The SMILES string of the molecule is COc1cc2c(Nc3ccco3)nc(N3CCCC3)nc2cc1C#CCN1CCCC1. The Hall–Kier alpha value is -3.24. The van der Waals surface area contributed by atoms with Gasteiger partial charge < -0.3 is 19.4 Å². The van der Waals surface area contributed by atoms with Gasteiger partial charge in [0, 0.05) is 24.5 Å². The summed E-state index contributed by atoms with van der Waals surface area (Å²) in [5.41, 5.74) is 1.70. The van der Waals surface area contributed by atoms with Crippen LogP contribution >= 0.6 is 0 Å². The summed E-state index contributed by atoms with van der Waals surface area (Å²) in [7, 11) is 1.67. The molecule has 0 bridgehead atoms. The molecule has 2 aliphatic rings. The molecule has 0 saturated carbocycles. The molecule has 7 nitrogen and oxygen atoms in total.